The number of allylic oxidation sites excluding steroid dienone is 4. The predicted molar refractivity (Wildman–Crippen MR) is 138 cm³/mol. The van der Waals surface area contributed by atoms with Crippen LogP contribution in [-0.2, 0) is 14.6 Å². The van der Waals surface area contributed by atoms with Crippen LogP contribution in [0.2, 0.25) is 0 Å². The van der Waals surface area contributed by atoms with Crippen molar-refractivity contribution in [1.82, 2.24) is 0 Å². The van der Waals surface area contributed by atoms with Crippen LogP contribution in [0.15, 0.2) is 35.5 Å². The third-order valence-corrected chi connectivity index (χ3v) is 9.11. The van der Waals surface area contributed by atoms with Crippen LogP contribution in [0.1, 0.15) is 98.3 Å². The summed E-state index contributed by atoms with van der Waals surface area (Å²) >= 11 is 0. The van der Waals surface area contributed by atoms with Gasteiger partial charge in [0, 0.05) is 6.42 Å². The molecule has 3 aliphatic rings. The van der Waals surface area contributed by atoms with Crippen molar-refractivity contribution in [2.75, 3.05) is 0 Å². The molecule has 3 aliphatic carbocycles. The Kier molecular flexibility index (Phi) is 11.0. The Bertz CT molecular complexity index is 847. The highest BCUT2D eigenvalue weighted by molar-refractivity contribution is 7.80. The molecule has 34 heavy (non-hydrogen) atoms. The van der Waals surface area contributed by atoms with E-state index in [0.717, 1.165) is 35.3 Å². The fourth-order valence-corrected chi connectivity index (χ4v) is 7.41. The van der Waals surface area contributed by atoms with Crippen molar-refractivity contribution in [3.05, 3.63) is 35.5 Å². The number of hydrogen-bond donors (Lipinski definition) is 3. The first-order chi connectivity index (χ1) is 16.0. The lowest BCUT2D eigenvalue weighted by molar-refractivity contribution is 0.0929. The third kappa shape index (κ3) is 7.76. The van der Waals surface area contributed by atoms with Crippen LogP contribution in [-0.4, -0.2) is 24.3 Å². The summed E-state index contributed by atoms with van der Waals surface area (Å²) in [4.78, 5) is 0. The van der Waals surface area contributed by atoms with Gasteiger partial charge in [0.2, 0.25) is 0 Å². The molecule has 0 aromatic carbocycles. The van der Waals surface area contributed by atoms with Gasteiger partial charge in [0.05, 0.1) is 6.10 Å². The summed E-state index contributed by atoms with van der Waals surface area (Å²) in [7, 11) is -4.42. The standard InChI is InChI=1S/C27H44O4S.H3NO/c1-19(2)8-6-9-21(4)25-15-16-26-22(10-7-17-27(25,26)5)12-13-23-18-24(14-11-20(23)3)31-32(28,29)30;1-2/h12-13,19,21,24-26H,3,6-11,14-18H2,1-2,4-5H3,(H,28,29,30);2H,1H2/b22-12+,23-13-;/t21-,24+,25-,26+,27-;/m1./s1. The molecule has 0 bridgehead atoms. The van der Waals surface area contributed by atoms with Gasteiger partial charge in [-0.15, -0.1) is 0 Å². The quantitative estimate of drug-likeness (QED) is 0.252. The first kappa shape index (κ1) is 29.2. The summed E-state index contributed by atoms with van der Waals surface area (Å²) in [5.74, 6) is 6.56. The lowest BCUT2D eigenvalue weighted by atomic mass is 9.60. The summed E-state index contributed by atoms with van der Waals surface area (Å²) in [5.41, 5.74) is 4.08. The zero-order valence-corrected chi connectivity index (χ0v) is 22.4. The molecule has 6 nitrogen and oxygen atoms in total. The van der Waals surface area contributed by atoms with Gasteiger partial charge in [-0.05, 0) is 79.6 Å². The van der Waals surface area contributed by atoms with Gasteiger partial charge in [-0.1, -0.05) is 76.8 Å². The van der Waals surface area contributed by atoms with Crippen LogP contribution in [0.5, 0.6) is 0 Å². The van der Waals surface area contributed by atoms with Crippen LogP contribution >= 0.6 is 0 Å². The highest BCUT2D eigenvalue weighted by Crippen LogP contribution is 2.60. The van der Waals surface area contributed by atoms with E-state index >= 15 is 0 Å². The van der Waals surface area contributed by atoms with Gasteiger partial charge in [0.15, 0.2) is 0 Å². The molecule has 0 saturated heterocycles. The normalized spacial score (nSPS) is 33.1. The van der Waals surface area contributed by atoms with Gasteiger partial charge in [-0.2, -0.15) is 8.42 Å². The van der Waals surface area contributed by atoms with Gasteiger partial charge >= 0.3 is 10.4 Å². The second kappa shape index (κ2) is 12.8. The van der Waals surface area contributed by atoms with Crippen LogP contribution in [0, 0.1) is 29.1 Å². The van der Waals surface area contributed by atoms with E-state index in [0.29, 0.717) is 30.6 Å². The van der Waals surface area contributed by atoms with Crippen molar-refractivity contribution in [2.24, 2.45) is 35.0 Å². The maximum absolute atomic E-state index is 11.1. The topological polar surface area (TPSA) is 110 Å². The Hall–Kier alpha value is -0.990. The van der Waals surface area contributed by atoms with Gasteiger partial charge in [-0.3, -0.25) is 4.55 Å². The fraction of sp³-hybridized carbons (Fsp3) is 0.778. The largest absolute Gasteiger partial charge is 0.397 e. The van der Waals surface area contributed by atoms with Crippen LogP contribution < -0.4 is 5.90 Å². The summed E-state index contributed by atoms with van der Waals surface area (Å²) in [6.45, 7) is 13.9. The molecule has 7 heteroatoms. The van der Waals surface area contributed by atoms with Gasteiger partial charge < -0.3 is 5.21 Å². The first-order valence-corrected chi connectivity index (χ1v) is 14.4. The molecular formula is C27H47NO5S. The van der Waals surface area contributed by atoms with E-state index in [1.807, 2.05) is 0 Å². The molecule has 196 valence electrons. The zero-order valence-electron chi connectivity index (χ0n) is 21.6. The summed E-state index contributed by atoms with van der Waals surface area (Å²) in [6, 6.07) is 0. The average Bonchev–Trinajstić information content (AvgIpc) is 3.12. The second-order valence-electron chi connectivity index (χ2n) is 11.3. The second-order valence-corrected chi connectivity index (χ2v) is 12.4. The zero-order chi connectivity index (χ0) is 25.5. The molecule has 3 fully saturated rings. The van der Waals surface area contributed by atoms with E-state index in [-0.39, 0.29) is 0 Å². The first-order valence-electron chi connectivity index (χ1n) is 13.0. The highest BCUT2D eigenvalue weighted by atomic mass is 32.3. The van der Waals surface area contributed by atoms with Gasteiger partial charge in [0.25, 0.3) is 0 Å². The maximum Gasteiger partial charge on any atom is 0.397 e. The van der Waals surface area contributed by atoms with Crippen LogP contribution in [0.25, 0.3) is 0 Å². The average molecular weight is 498 g/mol. The van der Waals surface area contributed by atoms with Crippen molar-refractivity contribution in [3.63, 3.8) is 0 Å². The van der Waals surface area contributed by atoms with E-state index in [9.17, 15) is 8.42 Å². The van der Waals surface area contributed by atoms with E-state index in [1.165, 1.54) is 44.9 Å². The van der Waals surface area contributed by atoms with E-state index in [4.69, 9.17) is 13.9 Å². The molecule has 0 heterocycles. The maximum atomic E-state index is 11.1. The van der Waals surface area contributed by atoms with E-state index < -0.39 is 16.5 Å². The fourth-order valence-electron chi connectivity index (χ4n) is 6.90. The Morgan fingerprint density at radius 3 is 2.50 bits per heavy atom. The molecule has 0 aromatic rings. The highest BCUT2D eigenvalue weighted by Gasteiger charge is 2.50. The number of hydrogen-bond acceptors (Lipinski definition) is 5. The molecule has 0 amide bonds. The monoisotopic (exact) mass is 497 g/mol. The van der Waals surface area contributed by atoms with Gasteiger partial charge in [0.1, 0.15) is 0 Å². The molecule has 3 saturated carbocycles. The lowest BCUT2D eigenvalue weighted by Gasteiger charge is -2.44. The summed E-state index contributed by atoms with van der Waals surface area (Å²) < 4.78 is 36.1. The molecule has 4 N–H and O–H groups in total. The molecule has 0 aromatic heterocycles. The third-order valence-electron chi connectivity index (χ3n) is 8.59. The Balaban J connectivity index is 0.00000199. The molecule has 5 atom stereocenters. The van der Waals surface area contributed by atoms with Crippen LogP contribution in [0.4, 0.5) is 0 Å². The molecule has 3 rings (SSSR count). The lowest BCUT2D eigenvalue weighted by Crippen LogP contribution is -2.36. The molecule has 0 spiro atoms. The minimum Gasteiger partial charge on any atom is -0.320 e. The number of nitrogens with two attached hydrogens (primary N) is 1. The van der Waals surface area contributed by atoms with Gasteiger partial charge in [-0.25, -0.2) is 10.1 Å². The Labute approximate surface area is 207 Å². The van der Waals surface area contributed by atoms with Crippen LogP contribution in [0.3, 0.4) is 0 Å². The molecule has 0 aliphatic heterocycles. The predicted octanol–water partition coefficient (Wildman–Crippen LogP) is 6.78. The smallest absolute Gasteiger partial charge is 0.320 e. The summed E-state index contributed by atoms with van der Waals surface area (Å²) in [5, 5.41) is 6.50. The number of fused-ring (bicyclic) bond motifs is 1. The van der Waals surface area contributed by atoms with Crippen molar-refractivity contribution in [2.45, 2.75) is 104 Å². The molecule has 0 unspecified atom stereocenters. The van der Waals surface area contributed by atoms with Crippen molar-refractivity contribution < 1.29 is 22.4 Å². The van der Waals surface area contributed by atoms with Crippen molar-refractivity contribution >= 4 is 10.4 Å². The SMILES string of the molecule is C=C1CC[C@H](OS(=O)(=O)O)C/C1=C/C=C1\CCC[C@]2(C)[C@@H]([C@H](C)CCCC(C)C)CC[C@@H]12.NO. The minimum atomic E-state index is -4.42. The van der Waals surface area contributed by atoms with E-state index in [2.05, 4.69) is 52.3 Å². The molecular weight excluding hydrogens is 450 g/mol. The Morgan fingerprint density at radius 2 is 1.85 bits per heavy atom. The minimum absolute atomic E-state index is 0.403. The molecule has 0 radical (unpaired) electrons. The summed E-state index contributed by atoms with van der Waals surface area (Å²) in [6.07, 6.45) is 16.1. The number of rotatable bonds is 8. The van der Waals surface area contributed by atoms with E-state index in [1.54, 1.807) is 5.57 Å². The van der Waals surface area contributed by atoms with Crippen molar-refractivity contribution in [1.29, 1.82) is 0 Å². The Morgan fingerprint density at radius 1 is 1.15 bits per heavy atom. The van der Waals surface area contributed by atoms with Crippen molar-refractivity contribution in [3.8, 4) is 0 Å².